The molecule has 2 nitrogen and oxygen atoms in total. The van der Waals surface area contributed by atoms with E-state index >= 15 is 0 Å². The number of hydrogen-bond acceptors (Lipinski definition) is 2. The average Bonchev–Trinajstić information content (AvgIpc) is 2.29. The van der Waals surface area contributed by atoms with E-state index in [9.17, 15) is 4.39 Å². The zero-order valence-corrected chi connectivity index (χ0v) is 11.9. The van der Waals surface area contributed by atoms with E-state index in [1.807, 2.05) is 13.8 Å². The van der Waals surface area contributed by atoms with Gasteiger partial charge in [-0.05, 0) is 37.1 Å². The van der Waals surface area contributed by atoms with Crippen molar-refractivity contribution in [3.8, 4) is 11.5 Å². The summed E-state index contributed by atoms with van der Waals surface area (Å²) in [6.07, 6.45) is 0. The third-order valence-corrected chi connectivity index (χ3v) is 3.20. The van der Waals surface area contributed by atoms with Gasteiger partial charge in [-0.2, -0.15) is 0 Å². The van der Waals surface area contributed by atoms with Crippen LogP contribution in [0.15, 0.2) is 24.3 Å². The Morgan fingerprint density at radius 1 is 1.05 bits per heavy atom. The summed E-state index contributed by atoms with van der Waals surface area (Å²) in [4.78, 5) is 0. The fourth-order valence-electron chi connectivity index (χ4n) is 1.80. The van der Waals surface area contributed by atoms with E-state index in [2.05, 4.69) is 0 Å². The van der Waals surface area contributed by atoms with Crippen LogP contribution in [0.3, 0.4) is 0 Å². The van der Waals surface area contributed by atoms with Gasteiger partial charge < -0.3 is 10.5 Å². The van der Waals surface area contributed by atoms with Crippen molar-refractivity contribution < 1.29 is 9.13 Å². The van der Waals surface area contributed by atoms with Crippen LogP contribution in [0.1, 0.15) is 11.1 Å². The maximum atomic E-state index is 13.2. The molecule has 2 N–H and O–H groups in total. The Hall–Kier alpha value is -1.45. The average molecular weight is 300 g/mol. The number of nitrogens with two attached hydrogens (primary N) is 1. The SMILES string of the molecule is Cc1cc(Cl)cc(C)c1Oc1cc(Cl)c(F)cc1N. The van der Waals surface area contributed by atoms with Gasteiger partial charge in [0.1, 0.15) is 11.6 Å². The summed E-state index contributed by atoms with van der Waals surface area (Å²) < 4.78 is 19.0. The molecule has 100 valence electrons. The molecular weight excluding hydrogens is 288 g/mol. The van der Waals surface area contributed by atoms with Crippen molar-refractivity contribution in [2.24, 2.45) is 0 Å². The molecular formula is C14H12Cl2FNO. The molecule has 0 aliphatic rings. The van der Waals surface area contributed by atoms with Crippen molar-refractivity contribution in [1.29, 1.82) is 0 Å². The standard InChI is InChI=1S/C14H12Cl2FNO/c1-7-3-9(15)4-8(2)14(7)19-13-5-10(16)11(17)6-12(13)18/h3-6H,18H2,1-2H3. The molecule has 0 aromatic heterocycles. The summed E-state index contributed by atoms with van der Waals surface area (Å²) in [7, 11) is 0. The van der Waals surface area contributed by atoms with Crippen LogP contribution >= 0.6 is 23.2 Å². The van der Waals surface area contributed by atoms with E-state index in [0.717, 1.165) is 17.2 Å². The second kappa shape index (κ2) is 5.27. The molecule has 0 heterocycles. The first-order valence-corrected chi connectivity index (χ1v) is 6.33. The number of nitrogen functional groups attached to an aromatic ring is 1. The molecule has 0 amide bonds. The molecule has 0 fully saturated rings. The van der Waals surface area contributed by atoms with Gasteiger partial charge in [-0.3, -0.25) is 0 Å². The molecule has 0 aliphatic heterocycles. The van der Waals surface area contributed by atoms with Gasteiger partial charge in [0.05, 0.1) is 10.7 Å². The van der Waals surface area contributed by atoms with Gasteiger partial charge in [0.25, 0.3) is 0 Å². The van der Waals surface area contributed by atoms with Crippen LogP contribution in [-0.2, 0) is 0 Å². The Balaban J connectivity index is 2.45. The summed E-state index contributed by atoms with van der Waals surface area (Å²) >= 11 is 11.7. The third-order valence-electron chi connectivity index (χ3n) is 2.69. The Morgan fingerprint density at radius 2 is 1.63 bits per heavy atom. The molecule has 2 aromatic rings. The molecule has 0 saturated heterocycles. The highest BCUT2D eigenvalue weighted by atomic mass is 35.5. The lowest BCUT2D eigenvalue weighted by Crippen LogP contribution is -1.96. The Labute approximate surface area is 120 Å². The van der Waals surface area contributed by atoms with Crippen molar-refractivity contribution in [1.82, 2.24) is 0 Å². The van der Waals surface area contributed by atoms with Crippen LogP contribution in [0.25, 0.3) is 0 Å². The van der Waals surface area contributed by atoms with Gasteiger partial charge in [-0.15, -0.1) is 0 Å². The number of anilines is 1. The molecule has 0 bridgehead atoms. The highest BCUT2D eigenvalue weighted by molar-refractivity contribution is 6.31. The van der Waals surface area contributed by atoms with E-state index < -0.39 is 5.82 Å². The number of hydrogen-bond donors (Lipinski definition) is 1. The lowest BCUT2D eigenvalue weighted by atomic mass is 10.1. The van der Waals surface area contributed by atoms with Crippen LogP contribution < -0.4 is 10.5 Å². The second-order valence-electron chi connectivity index (χ2n) is 4.27. The van der Waals surface area contributed by atoms with Gasteiger partial charge in [0.15, 0.2) is 5.75 Å². The lowest BCUT2D eigenvalue weighted by Gasteiger charge is -2.14. The van der Waals surface area contributed by atoms with E-state index in [0.29, 0.717) is 16.5 Å². The van der Waals surface area contributed by atoms with Crippen molar-refractivity contribution in [2.45, 2.75) is 13.8 Å². The van der Waals surface area contributed by atoms with Crippen LogP contribution in [-0.4, -0.2) is 0 Å². The molecule has 0 spiro atoms. The van der Waals surface area contributed by atoms with Crippen LogP contribution in [0, 0.1) is 19.7 Å². The summed E-state index contributed by atoms with van der Waals surface area (Å²) in [6.45, 7) is 3.74. The van der Waals surface area contributed by atoms with Crippen molar-refractivity contribution >= 4 is 28.9 Å². The lowest BCUT2D eigenvalue weighted by molar-refractivity contribution is 0.476. The fourth-order valence-corrected chi connectivity index (χ4v) is 2.28. The molecule has 0 aliphatic carbocycles. The predicted molar refractivity (Wildman–Crippen MR) is 76.8 cm³/mol. The van der Waals surface area contributed by atoms with Gasteiger partial charge in [-0.1, -0.05) is 23.2 Å². The zero-order chi connectivity index (χ0) is 14.2. The van der Waals surface area contributed by atoms with E-state index in [1.165, 1.54) is 6.07 Å². The van der Waals surface area contributed by atoms with Gasteiger partial charge in [0, 0.05) is 17.2 Å². The first kappa shape index (κ1) is 14.0. The number of ether oxygens (including phenoxy) is 1. The van der Waals surface area contributed by atoms with E-state index in [1.54, 1.807) is 12.1 Å². The minimum Gasteiger partial charge on any atom is -0.455 e. The molecule has 0 saturated carbocycles. The van der Waals surface area contributed by atoms with Crippen molar-refractivity contribution in [2.75, 3.05) is 5.73 Å². The minimum atomic E-state index is -0.573. The monoisotopic (exact) mass is 299 g/mol. The molecule has 2 aromatic carbocycles. The fraction of sp³-hybridized carbons (Fsp3) is 0.143. The summed E-state index contributed by atoms with van der Waals surface area (Å²) in [5.74, 6) is 0.384. The van der Waals surface area contributed by atoms with Crippen molar-refractivity contribution in [3.63, 3.8) is 0 Å². The quantitative estimate of drug-likeness (QED) is 0.781. The molecule has 2 rings (SSSR count). The smallest absolute Gasteiger partial charge is 0.152 e. The Kier molecular flexibility index (Phi) is 3.88. The largest absolute Gasteiger partial charge is 0.455 e. The van der Waals surface area contributed by atoms with Crippen LogP contribution in [0.5, 0.6) is 11.5 Å². The zero-order valence-electron chi connectivity index (χ0n) is 10.4. The molecule has 0 atom stereocenters. The normalized spacial score (nSPS) is 10.6. The first-order chi connectivity index (χ1) is 8.88. The van der Waals surface area contributed by atoms with Gasteiger partial charge >= 0.3 is 0 Å². The minimum absolute atomic E-state index is 0.0338. The van der Waals surface area contributed by atoms with Gasteiger partial charge in [-0.25, -0.2) is 4.39 Å². The van der Waals surface area contributed by atoms with Gasteiger partial charge in [0.2, 0.25) is 0 Å². The summed E-state index contributed by atoms with van der Waals surface area (Å²) in [5.41, 5.74) is 7.64. The number of halogens is 3. The maximum absolute atomic E-state index is 13.2. The highest BCUT2D eigenvalue weighted by Crippen LogP contribution is 2.36. The molecule has 5 heteroatoms. The van der Waals surface area contributed by atoms with E-state index in [4.69, 9.17) is 33.7 Å². The Morgan fingerprint density at radius 3 is 2.21 bits per heavy atom. The first-order valence-electron chi connectivity index (χ1n) is 5.57. The number of benzene rings is 2. The number of rotatable bonds is 2. The molecule has 19 heavy (non-hydrogen) atoms. The van der Waals surface area contributed by atoms with E-state index in [-0.39, 0.29) is 10.7 Å². The molecule has 0 radical (unpaired) electrons. The summed E-state index contributed by atoms with van der Waals surface area (Å²) in [5, 5.41) is 0.598. The van der Waals surface area contributed by atoms with Crippen LogP contribution in [0.2, 0.25) is 10.0 Å². The van der Waals surface area contributed by atoms with Crippen LogP contribution in [0.4, 0.5) is 10.1 Å². The number of aryl methyl sites for hydroxylation is 2. The third kappa shape index (κ3) is 2.94. The second-order valence-corrected chi connectivity index (χ2v) is 5.12. The molecule has 0 unspecified atom stereocenters. The summed E-state index contributed by atoms with van der Waals surface area (Å²) in [6, 6.07) is 6.06. The maximum Gasteiger partial charge on any atom is 0.152 e. The topological polar surface area (TPSA) is 35.2 Å². The predicted octanol–water partition coefficient (Wildman–Crippen LogP) is 5.12. The van der Waals surface area contributed by atoms with Crippen molar-refractivity contribution in [3.05, 3.63) is 51.3 Å². The Bertz CT molecular complexity index is 621. The highest BCUT2D eigenvalue weighted by Gasteiger charge is 2.12.